The number of benzene rings is 1. The summed E-state index contributed by atoms with van der Waals surface area (Å²) in [6.07, 6.45) is 1.19. The lowest BCUT2D eigenvalue weighted by molar-refractivity contribution is -0.000603. The maximum absolute atomic E-state index is 5.59. The molecule has 1 aliphatic rings. The fourth-order valence-corrected chi connectivity index (χ4v) is 3.41. The molecule has 1 N–H and O–H groups in total. The largest absolute Gasteiger partial charge is 0.297 e. The Kier molecular flexibility index (Phi) is 4.48. The molecule has 1 aromatic rings. The minimum Gasteiger partial charge on any atom is -0.297 e. The van der Waals surface area contributed by atoms with Crippen LogP contribution < -0.4 is 5.48 Å². The van der Waals surface area contributed by atoms with Crippen molar-refractivity contribution in [1.82, 2.24) is 5.48 Å². The van der Waals surface area contributed by atoms with Gasteiger partial charge in [0.25, 0.3) is 0 Å². The molecule has 17 heavy (non-hydrogen) atoms. The molecule has 2 rings (SSSR count). The molecule has 1 saturated heterocycles. The third-order valence-corrected chi connectivity index (χ3v) is 4.57. The van der Waals surface area contributed by atoms with E-state index in [1.165, 1.54) is 17.7 Å². The smallest absolute Gasteiger partial charge is 0.0933 e. The molecule has 2 nitrogen and oxygen atoms in total. The van der Waals surface area contributed by atoms with Crippen LogP contribution in [0.15, 0.2) is 30.3 Å². The first kappa shape index (κ1) is 12.9. The molecule has 0 bridgehead atoms. The highest BCUT2D eigenvalue weighted by Gasteiger charge is 2.28. The molecule has 0 aliphatic carbocycles. The second kappa shape index (κ2) is 5.89. The Hall–Kier alpha value is -0.510. The van der Waals surface area contributed by atoms with Crippen LogP contribution in [0.2, 0.25) is 0 Å². The molecule has 1 atom stereocenters. The molecule has 0 saturated carbocycles. The number of nitrogens with one attached hydrogen (secondary N) is 1. The zero-order valence-corrected chi connectivity index (χ0v) is 11.4. The van der Waals surface area contributed by atoms with Crippen molar-refractivity contribution in [1.29, 1.82) is 0 Å². The van der Waals surface area contributed by atoms with Crippen LogP contribution in [-0.2, 0) is 11.4 Å². The van der Waals surface area contributed by atoms with E-state index in [0.717, 1.165) is 5.75 Å². The third-order valence-electron chi connectivity index (χ3n) is 2.94. The molecule has 3 heteroatoms. The minimum atomic E-state index is 0.427. The summed E-state index contributed by atoms with van der Waals surface area (Å²) in [6.45, 7) is 5.29. The molecule has 1 aliphatic heterocycles. The van der Waals surface area contributed by atoms with E-state index in [9.17, 15) is 0 Å². The van der Waals surface area contributed by atoms with Gasteiger partial charge < -0.3 is 0 Å². The van der Waals surface area contributed by atoms with Crippen molar-refractivity contribution in [3.8, 4) is 0 Å². The Balaban J connectivity index is 1.72. The van der Waals surface area contributed by atoms with Crippen molar-refractivity contribution in [3.63, 3.8) is 0 Å². The van der Waals surface area contributed by atoms with Crippen LogP contribution in [0.5, 0.6) is 0 Å². The zero-order chi connectivity index (χ0) is 12.1. The third kappa shape index (κ3) is 4.34. The van der Waals surface area contributed by atoms with Gasteiger partial charge in [-0.2, -0.15) is 17.2 Å². The second-order valence-electron chi connectivity index (χ2n) is 5.47. The monoisotopic (exact) mass is 251 g/mol. The highest BCUT2D eigenvalue weighted by atomic mass is 32.2. The van der Waals surface area contributed by atoms with E-state index in [0.29, 0.717) is 18.1 Å². The molecule has 0 radical (unpaired) electrons. The Morgan fingerprint density at radius 2 is 2.12 bits per heavy atom. The summed E-state index contributed by atoms with van der Waals surface area (Å²) in [5.41, 5.74) is 4.84. The molecular formula is C14H21NOS. The van der Waals surface area contributed by atoms with Gasteiger partial charge in [0.15, 0.2) is 0 Å². The van der Waals surface area contributed by atoms with Crippen LogP contribution in [-0.4, -0.2) is 17.5 Å². The Labute approximate surface area is 108 Å². The Morgan fingerprint density at radius 3 is 2.82 bits per heavy atom. The van der Waals surface area contributed by atoms with Crippen LogP contribution in [0.3, 0.4) is 0 Å². The lowest BCUT2D eigenvalue weighted by Crippen LogP contribution is -2.40. The van der Waals surface area contributed by atoms with Gasteiger partial charge in [-0.3, -0.25) is 4.84 Å². The van der Waals surface area contributed by atoms with Crippen molar-refractivity contribution in [2.24, 2.45) is 5.41 Å². The summed E-state index contributed by atoms with van der Waals surface area (Å²) in [5.74, 6) is 2.40. The zero-order valence-electron chi connectivity index (χ0n) is 10.6. The first-order valence-corrected chi connectivity index (χ1v) is 7.30. The molecular weight excluding hydrogens is 230 g/mol. The lowest BCUT2D eigenvalue weighted by Gasteiger charge is -2.34. The van der Waals surface area contributed by atoms with E-state index in [-0.39, 0.29) is 0 Å². The molecule has 94 valence electrons. The number of rotatable bonds is 4. The van der Waals surface area contributed by atoms with Gasteiger partial charge in [0.1, 0.15) is 0 Å². The van der Waals surface area contributed by atoms with Crippen molar-refractivity contribution < 1.29 is 4.84 Å². The number of hydrogen-bond acceptors (Lipinski definition) is 3. The highest BCUT2D eigenvalue weighted by molar-refractivity contribution is 7.99. The van der Waals surface area contributed by atoms with E-state index in [1.807, 2.05) is 30.0 Å². The molecule has 1 fully saturated rings. The highest BCUT2D eigenvalue weighted by Crippen LogP contribution is 2.33. The van der Waals surface area contributed by atoms with Gasteiger partial charge in [-0.1, -0.05) is 44.2 Å². The van der Waals surface area contributed by atoms with E-state index in [1.54, 1.807) is 0 Å². The number of hydroxylamine groups is 1. The van der Waals surface area contributed by atoms with E-state index in [2.05, 4.69) is 31.5 Å². The molecule has 0 aromatic heterocycles. The maximum Gasteiger partial charge on any atom is 0.0933 e. The van der Waals surface area contributed by atoms with Crippen LogP contribution in [0.1, 0.15) is 25.8 Å². The summed E-state index contributed by atoms with van der Waals surface area (Å²) in [6, 6.07) is 10.8. The molecule has 0 spiro atoms. The Morgan fingerprint density at radius 1 is 1.35 bits per heavy atom. The molecule has 1 unspecified atom stereocenters. The van der Waals surface area contributed by atoms with Crippen molar-refractivity contribution in [3.05, 3.63) is 35.9 Å². The summed E-state index contributed by atoms with van der Waals surface area (Å²) in [7, 11) is 0. The Bertz CT molecular complexity index is 339. The van der Waals surface area contributed by atoms with E-state index in [4.69, 9.17) is 4.84 Å². The summed E-state index contributed by atoms with van der Waals surface area (Å²) in [4.78, 5) is 5.59. The number of thioether (sulfide) groups is 1. The standard InChI is InChI=1S/C14H21NOS/c1-14(2)8-13(10-17-11-14)15-16-9-12-6-4-3-5-7-12/h3-7,13,15H,8-11H2,1-2H3. The van der Waals surface area contributed by atoms with Gasteiger partial charge in [0, 0.05) is 11.8 Å². The minimum absolute atomic E-state index is 0.427. The van der Waals surface area contributed by atoms with Crippen LogP contribution in [0, 0.1) is 5.41 Å². The topological polar surface area (TPSA) is 21.3 Å². The van der Waals surface area contributed by atoms with Crippen LogP contribution in [0.4, 0.5) is 0 Å². The summed E-state index contributed by atoms with van der Waals surface area (Å²) < 4.78 is 0. The lowest BCUT2D eigenvalue weighted by atomic mass is 9.88. The SMILES string of the molecule is CC1(C)CSCC(NOCc2ccccc2)C1. The van der Waals surface area contributed by atoms with Crippen LogP contribution >= 0.6 is 11.8 Å². The van der Waals surface area contributed by atoms with Crippen molar-refractivity contribution in [2.75, 3.05) is 11.5 Å². The van der Waals surface area contributed by atoms with Gasteiger partial charge in [0.2, 0.25) is 0 Å². The first-order valence-electron chi connectivity index (χ1n) is 6.15. The molecule has 1 aromatic carbocycles. The van der Waals surface area contributed by atoms with E-state index < -0.39 is 0 Å². The second-order valence-corrected chi connectivity index (χ2v) is 6.50. The average Bonchev–Trinajstić information content (AvgIpc) is 2.29. The van der Waals surface area contributed by atoms with Gasteiger partial charge in [-0.25, -0.2) is 0 Å². The fraction of sp³-hybridized carbons (Fsp3) is 0.571. The van der Waals surface area contributed by atoms with Gasteiger partial charge in [-0.05, 0) is 23.2 Å². The van der Waals surface area contributed by atoms with Crippen molar-refractivity contribution in [2.45, 2.75) is 32.9 Å². The van der Waals surface area contributed by atoms with Crippen molar-refractivity contribution >= 4 is 11.8 Å². The van der Waals surface area contributed by atoms with Gasteiger partial charge in [-0.15, -0.1) is 0 Å². The number of hydrogen-bond donors (Lipinski definition) is 1. The quantitative estimate of drug-likeness (QED) is 0.830. The maximum atomic E-state index is 5.59. The van der Waals surface area contributed by atoms with Gasteiger partial charge >= 0.3 is 0 Å². The summed E-state index contributed by atoms with van der Waals surface area (Å²) >= 11 is 2.01. The van der Waals surface area contributed by atoms with Crippen LogP contribution in [0.25, 0.3) is 0 Å². The predicted octanol–water partition coefficient (Wildman–Crippen LogP) is 3.24. The normalized spacial score (nSPS) is 23.5. The van der Waals surface area contributed by atoms with Gasteiger partial charge in [0.05, 0.1) is 6.61 Å². The molecule has 1 heterocycles. The predicted molar refractivity (Wildman–Crippen MR) is 73.9 cm³/mol. The van der Waals surface area contributed by atoms with E-state index >= 15 is 0 Å². The first-order chi connectivity index (χ1) is 8.16. The summed E-state index contributed by atoms with van der Waals surface area (Å²) in [5, 5.41) is 0. The average molecular weight is 251 g/mol. The molecule has 0 amide bonds. The fourth-order valence-electron chi connectivity index (χ4n) is 2.16.